The molecule has 0 N–H and O–H groups in total. The molecule has 6 heteroatoms. The number of anilines is 1. The molecule has 0 bridgehead atoms. The fourth-order valence-electron chi connectivity index (χ4n) is 3.48. The zero-order valence-corrected chi connectivity index (χ0v) is 13.9. The predicted octanol–water partition coefficient (Wildman–Crippen LogP) is 2.82. The Kier molecular flexibility index (Phi) is 4.19. The van der Waals surface area contributed by atoms with Gasteiger partial charge in [0.15, 0.2) is 0 Å². The van der Waals surface area contributed by atoms with Gasteiger partial charge in [0.05, 0.1) is 23.8 Å². The van der Waals surface area contributed by atoms with Crippen molar-refractivity contribution in [3.63, 3.8) is 0 Å². The summed E-state index contributed by atoms with van der Waals surface area (Å²) < 4.78 is 5.44. The van der Waals surface area contributed by atoms with Crippen LogP contribution in [-0.4, -0.2) is 43.5 Å². The van der Waals surface area contributed by atoms with E-state index in [1.807, 2.05) is 18.2 Å². The van der Waals surface area contributed by atoms with E-state index in [9.17, 15) is 10.1 Å². The molecule has 2 aromatic carbocycles. The van der Waals surface area contributed by atoms with Gasteiger partial charge < -0.3 is 9.64 Å². The van der Waals surface area contributed by atoms with Crippen LogP contribution >= 0.6 is 0 Å². The third-order valence-corrected chi connectivity index (χ3v) is 4.72. The molecule has 0 atom stereocenters. The van der Waals surface area contributed by atoms with Gasteiger partial charge in [0.25, 0.3) is 5.69 Å². The highest BCUT2D eigenvalue weighted by molar-refractivity contribution is 6.17. The van der Waals surface area contributed by atoms with Crippen LogP contribution in [0.5, 0.6) is 0 Å². The molecule has 0 saturated carbocycles. The topological polar surface area (TPSA) is 68.0 Å². The highest BCUT2D eigenvalue weighted by atomic mass is 16.6. The van der Waals surface area contributed by atoms with Crippen molar-refractivity contribution in [2.24, 2.45) is 4.99 Å². The Morgan fingerprint density at radius 2 is 1.88 bits per heavy atom. The lowest BCUT2D eigenvalue weighted by atomic mass is 9.92. The predicted molar refractivity (Wildman–Crippen MR) is 96.8 cm³/mol. The van der Waals surface area contributed by atoms with Crippen molar-refractivity contribution in [2.45, 2.75) is 6.42 Å². The molecule has 1 fully saturated rings. The highest BCUT2D eigenvalue weighted by Crippen LogP contribution is 2.31. The van der Waals surface area contributed by atoms with Gasteiger partial charge in [-0.1, -0.05) is 24.3 Å². The first-order valence-electron chi connectivity index (χ1n) is 8.48. The van der Waals surface area contributed by atoms with Gasteiger partial charge in [0.2, 0.25) is 0 Å². The first kappa shape index (κ1) is 15.8. The van der Waals surface area contributed by atoms with Crippen molar-refractivity contribution in [3.8, 4) is 0 Å². The van der Waals surface area contributed by atoms with E-state index < -0.39 is 0 Å². The molecule has 0 amide bonds. The highest BCUT2D eigenvalue weighted by Gasteiger charge is 2.24. The smallest absolute Gasteiger partial charge is 0.270 e. The summed E-state index contributed by atoms with van der Waals surface area (Å²) in [5.41, 5.74) is 5.09. The number of hydrogen-bond donors (Lipinski definition) is 0. The van der Waals surface area contributed by atoms with Crippen LogP contribution in [-0.2, 0) is 11.2 Å². The van der Waals surface area contributed by atoms with E-state index in [0.717, 1.165) is 42.0 Å². The Hall–Kier alpha value is -2.73. The van der Waals surface area contributed by atoms with E-state index >= 15 is 0 Å². The number of benzene rings is 2. The molecule has 2 aliphatic rings. The van der Waals surface area contributed by atoms with Gasteiger partial charge in [0.1, 0.15) is 0 Å². The van der Waals surface area contributed by atoms with Crippen LogP contribution in [0, 0.1) is 10.1 Å². The Bertz CT molecular complexity index is 842. The summed E-state index contributed by atoms with van der Waals surface area (Å²) in [4.78, 5) is 17.9. The first-order valence-corrected chi connectivity index (χ1v) is 8.48. The Morgan fingerprint density at radius 1 is 1.08 bits per heavy atom. The molecule has 0 aliphatic carbocycles. The van der Waals surface area contributed by atoms with E-state index in [1.54, 1.807) is 12.1 Å². The maximum absolute atomic E-state index is 11.3. The van der Waals surface area contributed by atoms with E-state index in [-0.39, 0.29) is 10.6 Å². The molecule has 1 saturated heterocycles. The third-order valence-electron chi connectivity index (χ3n) is 4.72. The molecule has 0 unspecified atom stereocenters. The van der Waals surface area contributed by atoms with Crippen LogP contribution in [0.25, 0.3) is 0 Å². The van der Waals surface area contributed by atoms with Gasteiger partial charge in [-0.05, 0) is 18.1 Å². The van der Waals surface area contributed by atoms with Crippen LogP contribution in [0.15, 0.2) is 47.5 Å². The monoisotopic (exact) mass is 337 g/mol. The largest absolute Gasteiger partial charge is 0.378 e. The SMILES string of the molecule is O=[N+]([O-])c1ccc(N2CCOCC2)c(C2=NCCc3ccccc32)c1. The zero-order chi connectivity index (χ0) is 17.2. The number of fused-ring (bicyclic) bond motifs is 1. The van der Waals surface area contributed by atoms with Gasteiger partial charge in [0, 0.05) is 48.6 Å². The fourth-order valence-corrected chi connectivity index (χ4v) is 3.48. The molecular weight excluding hydrogens is 318 g/mol. The minimum absolute atomic E-state index is 0.0952. The van der Waals surface area contributed by atoms with Crippen LogP contribution in [0.4, 0.5) is 11.4 Å². The maximum Gasteiger partial charge on any atom is 0.270 e. The second-order valence-corrected chi connectivity index (χ2v) is 6.20. The summed E-state index contributed by atoms with van der Waals surface area (Å²) in [5, 5.41) is 11.3. The summed E-state index contributed by atoms with van der Waals surface area (Å²) in [6.07, 6.45) is 0.904. The molecule has 4 rings (SSSR count). The minimum Gasteiger partial charge on any atom is -0.378 e. The first-order chi connectivity index (χ1) is 12.2. The number of nitrogens with zero attached hydrogens (tertiary/aromatic N) is 3. The maximum atomic E-state index is 11.3. The molecule has 2 aromatic rings. The third kappa shape index (κ3) is 3.00. The molecule has 0 aromatic heterocycles. The van der Waals surface area contributed by atoms with Crippen molar-refractivity contribution in [3.05, 3.63) is 69.3 Å². The summed E-state index contributed by atoms with van der Waals surface area (Å²) >= 11 is 0. The standard InChI is InChI=1S/C19H19N3O3/c23-22(24)15-5-6-18(21-9-11-25-12-10-21)17(13-15)19-16-4-2-1-3-14(16)7-8-20-19/h1-6,13H,7-12H2. The molecule has 0 spiro atoms. The lowest BCUT2D eigenvalue weighted by Crippen LogP contribution is -2.37. The zero-order valence-electron chi connectivity index (χ0n) is 13.9. The number of non-ortho nitro benzene ring substituents is 1. The number of hydrogen-bond acceptors (Lipinski definition) is 5. The summed E-state index contributed by atoms with van der Waals surface area (Å²) in [6.45, 7) is 3.59. The van der Waals surface area contributed by atoms with Crippen molar-refractivity contribution in [2.75, 3.05) is 37.7 Å². The Labute approximate surface area is 145 Å². The average Bonchev–Trinajstić information content (AvgIpc) is 2.67. The number of nitro groups is 1. The second-order valence-electron chi connectivity index (χ2n) is 6.20. The Balaban J connectivity index is 1.85. The number of ether oxygens (including phenoxy) is 1. The quantitative estimate of drug-likeness (QED) is 0.638. The fraction of sp³-hybridized carbons (Fsp3) is 0.316. The van der Waals surface area contributed by atoms with E-state index in [2.05, 4.69) is 17.0 Å². The van der Waals surface area contributed by atoms with Crippen molar-refractivity contribution in [1.82, 2.24) is 0 Å². The van der Waals surface area contributed by atoms with Gasteiger partial charge >= 0.3 is 0 Å². The summed E-state index contributed by atoms with van der Waals surface area (Å²) in [6, 6.07) is 13.3. The van der Waals surface area contributed by atoms with Gasteiger partial charge in [-0.25, -0.2) is 0 Å². The van der Waals surface area contributed by atoms with Crippen molar-refractivity contribution < 1.29 is 9.66 Å². The average molecular weight is 337 g/mol. The van der Waals surface area contributed by atoms with E-state index in [0.29, 0.717) is 19.8 Å². The summed E-state index contributed by atoms with van der Waals surface area (Å²) in [7, 11) is 0. The van der Waals surface area contributed by atoms with E-state index in [1.165, 1.54) is 5.56 Å². The van der Waals surface area contributed by atoms with Gasteiger partial charge in [-0.2, -0.15) is 0 Å². The second kappa shape index (κ2) is 6.64. The molecular formula is C19H19N3O3. The number of rotatable bonds is 3. The molecule has 2 heterocycles. The molecule has 6 nitrogen and oxygen atoms in total. The number of morpholine rings is 1. The van der Waals surface area contributed by atoms with Crippen LogP contribution in [0.1, 0.15) is 16.7 Å². The normalized spacial score (nSPS) is 17.0. The lowest BCUT2D eigenvalue weighted by Gasteiger charge is -2.31. The van der Waals surface area contributed by atoms with Crippen LogP contribution < -0.4 is 4.90 Å². The van der Waals surface area contributed by atoms with E-state index in [4.69, 9.17) is 9.73 Å². The number of aliphatic imine (C=N–C) groups is 1. The van der Waals surface area contributed by atoms with Gasteiger partial charge in [-0.15, -0.1) is 0 Å². The molecule has 0 radical (unpaired) electrons. The van der Waals surface area contributed by atoms with Crippen LogP contribution in [0.2, 0.25) is 0 Å². The number of nitro benzene ring substituents is 1. The van der Waals surface area contributed by atoms with Crippen molar-refractivity contribution in [1.29, 1.82) is 0 Å². The van der Waals surface area contributed by atoms with Crippen LogP contribution in [0.3, 0.4) is 0 Å². The lowest BCUT2D eigenvalue weighted by molar-refractivity contribution is -0.384. The van der Waals surface area contributed by atoms with Gasteiger partial charge in [-0.3, -0.25) is 15.1 Å². The Morgan fingerprint density at radius 3 is 2.68 bits per heavy atom. The molecule has 128 valence electrons. The minimum atomic E-state index is -0.345. The molecule has 2 aliphatic heterocycles. The summed E-state index contributed by atoms with van der Waals surface area (Å²) in [5.74, 6) is 0. The molecule has 25 heavy (non-hydrogen) atoms. The van der Waals surface area contributed by atoms with Crippen molar-refractivity contribution >= 4 is 17.1 Å².